The number of benzene rings is 1. The molecular weight excluding hydrogens is 508 g/mol. The molecule has 3 saturated carbocycles. The van der Waals surface area contributed by atoms with Gasteiger partial charge < -0.3 is 4.90 Å². The lowest BCUT2D eigenvalue weighted by Crippen LogP contribution is -2.78. The molecule has 3 aromatic rings. The number of piperidine rings is 1. The number of rotatable bonds is 3. The number of aromatic nitrogens is 4. The fourth-order valence-electron chi connectivity index (χ4n) is 6.92. The van der Waals surface area contributed by atoms with Gasteiger partial charge in [-0.05, 0) is 68.0 Å². The standard InChI is InChI=1S/C26H25ClF4N6/c27-18-1-3-20-17(9-18)11-36(25-13-24(14-25,15-25)26(29,30)31)12-22-33-34-23(37(20)22)16-5-7-35(8-6-16)21-4-2-19(28)10-32-21/h1-4,9-10,16H,5-8,11-15H2. The largest absolute Gasteiger partial charge is 0.394 e. The van der Waals surface area contributed by atoms with Crippen LogP contribution in [0.1, 0.15) is 55.2 Å². The number of pyridine rings is 1. The van der Waals surface area contributed by atoms with Crippen molar-refractivity contribution >= 4 is 17.4 Å². The molecule has 3 aliphatic carbocycles. The van der Waals surface area contributed by atoms with E-state index in [1.165, 1.54) is 12.3 Å². The van der Waals surface area contributed by atoms with Crippen molar-refractivity contribution in [3.8, 4) is 5.69 Å². The highest BCUT2D eigenvalue weighted by atomic mass is 35.5. The molecule has 0 radical (unpaired) electrons. The van der Waals surface area contributed by atoms with Crippen molar-refractivity contribution in [3.63, 3.8) is 0 Å². The SMILES string of the molecule is Fc1ccc(N2CCC(c3nnc4n3-c3ccc(Cl)cc3CN(C35CC(C(F)(F)F)(C3)C5)C4)CC2)nc1. The quantitative estimate of drug-likeness (QED) is 0.409. The molecule has 0 unspecified atom stereocenters. The maximum Gasteiger partial charge on any atom is 0.394 e. The van der Waals surface area contributed by atoms with Crippen molar-refractivity contribution in [2.45, 2.75) is 62.8 Å². The second kappa shape index (κ2) is 7.89. The second-order valence-corrected chi connectivity index (χ2v) is 11.5. The van der Waals surface area contributed by atoms with E-state index in [2.05, 4.69) is 29.5 Å². The molecule has 4 heterocycles. The highest BCUT2D eigenvalue weighted by Gasteiger charge is 2.79. The van der Waals surface area contributed by atoms with Crippen LogP contribution in [0.2, 0.25) is 5.02 Å². The highest BCUT2D eigenvalue weighted by molar-refractivity contribution is 6.30. The molecule has 1 saturated heterocycles. The number of hydrogen-bond acceptors (Lipinski definition) is 5. The Balaban J connectivity index is 1.17. The number of nitrogens with zero attached hydrogens (tertiary/aromatic N) is 6. The Kier molecular flexibility index (Phi) is 4.99. The van der Waals surface area contributed by atoms with Gasteiger partial charge in [-0.3, -0.25) is 9.47 Å². The predicted octanol–water partition coefficient (Wildman–Crippen LogP) is 5.64. The van der Waals surface area contributed by atoms with Crippen molar-refractivity contribution in [1.29, 1.82) is 0 Å². The van der Waals surface area contributed by atoms with E-state index in [9.17, 15) is 17.6 Å². The Bertz CT molecular complexity index is 1340. The number of halogens is 5. The lowest BCUT2D eigenvalue weighted by molar-refractivity contribution is -0.364. The minimum Gasteiger partial charge on any atom is -0.357 e. The van der Waals surface area contributed by atoms with Gasteiger partial charge in [0.1, 0.15) is 17.5 Å². The zero-order valence-electron chi connectivity index (χ0n) is 20.0. The van der Waals surface area contributed by atoms with E-state index in [1.54, 1.807) is 6.07 Å². The van der Waals surface area contributed by atoms with E-state index in [4.69, 9.17) is 11.6 Å². The summed E-state index contributed by atoms with van der Waals surface area (Å²) >= 11 is 6.36. The first kappa shape index (κ1) is 23.4. The monoisotopic (exact) mass is 532 g/mol. The molecule has 0 amide bonds. The van der Waals surface area contributed by atoms with Crippen LogP contribution in [0.3, 0.4) is 0 Å². The summed E-state index contributed by atoms with van der Waals surface area (Å²) in [5, 5.41) is 9.76. The van der Waals surface area contributed by atoms with Crippen molar-refractivity contribution in [2.24, 2.45) is 5.41 Å². The third-order valence-electron chi connectivity index (χ3n) is 8.90. The molecule has 4 fully saturated rings. The Morgan fingerprint density at radius 3 is 2.41 bits per heavy atom. The molecule has 37 heavy (non-hydrogen) atoms. The summed E-state index contributed by atoms with van der Waals surface area (Å²) in [6, 6.07) is 8.83. The Morgan fingerprint density at radius 1 is 0.973 bits per heavy atom. The molecule has 0 atom stereocenters. The van der Waals surface area contributed by atoms with Gasteiger partial charge in [-0.1, -0.05) is 11.6 Å². The molecule has 0 N–H and O–H groups in total. The number of anilines is 1. The molecule has 2 aromatic heterocycles. The Labute approximate surface area is 216 Å². The predicted molar refractivity (Wildman–Crippen MR) is 129 cm³/mol. The van der Waals surface area contributed by atoms with Gasteiger partial charge in [0, 0.05) is 36.1 Å². The van der Waals surface area contributed by atoms with Gasteiger partial charge in [-0.2, -0.15) is 13.2 Å². The van der Waals surface area contributed by atoms with E-state index in [0.29, 0.717) is 18.1 Å². The molecule has 8 rings (SSSR count). The molecule has 1 aromatic carbocycles. The van der Waals surface area contributed by atoms with Crippen molar-refractivity contribution in [2.75, 3.05) is 18.0 Å². The molecule has 5 aliphatic rings. The Hall–Kier alpha value is -2.72. The van der Waals surface area contributed by atoms with Crippen LogP contribution in [0.5, 0.6) is 0 Å². The van der Waals surface area contributed by atoms with E-state index in [-0.39, 0.29) is 31.0 Å². The zero-order chi connectivity index (χ0) is 25.6. The van der Waals surface area contributed by atoms with Crippen molar-refractivity contribution < 1.29 is 17.6 Å². The fraction of sp³-hybridized carbons (Fsp3) is 0.500. The van der Waals surface area contributed by atoms with Gasteiger partial charge in [0.15, 0.2) is 5.82 Å². The van der Waals surface area contributed by atoms with Crippen LogP contribution in [0.4, 0.5) is 23.4 Å². The van der Waals surface area contributed by atoms with Gasteiger partial charge >= 0.3 is 6.18 Å². The number of fused-ring (bicyclic) bond motifs is 3. The van der Waals surface area contributed by atoms with Crippen molar-refractivity contribution in [1.82, 2.24) is 24.6 Å². The van der Waals surface area contributed by atoms with Crippen molar-refractivity contribution in [3.05, 3.63) is 64.6 Å². The van der Waals surface area contributed by atoms with Crippen LogP contribution in [-0.4, -0.2) is 49.5 Å². The average Bonchev–Trinajstić information content (AvgIpc) is 3.13. The van der Waals surface area contributed by atoms with E-state index < -0.39 is 17.1 Å². The van der Waals surface area contributed by atoms with Gasteiger partial charge in [0.2, 0.25) is 0 Å². The van der Waals surface area contributed by atoms with Gasteiger partial charge in [0.05, 0.1) is 23.8 Å². The summed E-state index contributed by atoms with van der Waals surface area (Å²) in [5.74, 6) is 2.19. The molecule has 6 nitrogen and oxygen atoms in total. The number of hydrogen-bond donors (Lipinski definition) is 0. The molecule has 194 valence electrons. The van der Waals surface area contributed by atoms with Crippen LogP contribution < -0.4 is 4.90 Å². The Morgan fingerprint density at radius 2 is 1.73 bits per heavy atom. The van der Waals surface area contributed by atoms with Gasteiger partial charge in [-0.15, -0.1) is 10.2 Å². The molecular formula is C26H25ClF4N6. The molecule has 0 spiro atoms. The lowest BCUT2D eigenvalue weighted by atomic mass is 9.38. The topological polar surface area (TPSA) is 50.1 Å². The second-order valence-electron chi connectivity index (χ2n) is 11.1. The zero-order valence-corrected chi connectivity index (χ0v) is 20.7. The summed E-state index contributed by atoms with van der Waals surface area (Å²) in [7, 11) is 0. The van der Waals surface area contributed by atoms with Crippen LogP contribution in [-0.2, 0) is 13.1 Å². The maximum atomic E-state index is 13.5. The first-order valence-corrected chi connectivity index (χ1v) is 13.0. The normalized spacial score (nSPS) is 27.6. The first-order valence-electron chi connectivity index (χ1n) is 12.6. The average molecular weight is 533 g/mol. The van der Waals surface area contributed by atoms with Gasteiger partial charge in [0.25, 0.3) is 0 Å². The summed E-state index contributed by atoms with van der Waals surface area (Å²) in [5.41, 5.74) is -0.0281. The summed E-state index contributed by atoms with van der Waals surface area (Å²) in [6.07, 6.45) is -0.796. The van der Waals surface area contributed by atoms with E-state index in [1.807, 2.05) is 18.2 Å². The van der Waals surface area contributed by atoms with Crippen LogP contribution in [0.15, 0.2) is 36.5 Å². The first-order chi connectivity index (χ1) is 17.7. The fourth-order valence-corrected chi connectivity index (χ4v) is 7.11. The molecule has 2 bridgehead atoms. The van der Waals surface area contributed by atoms with Crippen LogP contribution >= 0.6 is 11.6 Å². The van der Waals surface area contributed by atoms with Crippen LogP contribution in [0, 0.1) is 11.2 Å². The minimum atomic E-state index is -4.15. The van der Waals surface area contributed by atoms with Crippen LogP contribution in [0.25, 0.3) is 5.69 Å². The summed E-state index contributed by atoms with van der Waals surface area (Å²) in [6.45, 7) is 2.49. The maximum absolute atomic E-state index is 13.5. The minimum absolute atomic E-state index is 0.149. The molecule has 2 aliphatic heterocycles. The summed E-state index contributed by atoms with van der Waals surface area (Å²) in [4.78, 5) is 8.51. The number of alkyl halides is 3. The smallest absolute Gasteiger partial charge is 0.357 e. The van der Waals surface area contributed by atoms with E-state index in [0.717, 1.165) is 54.6 Å². The third kappa shape index (κ3) is 3.51. The van der Waals surface area contributed by atoms with E-state index >= 15 is 0 Å². The third-order valence-corrected chi connectivity index (χ3v) is 9.14. The lowest BCUT2D eigenvalue weighted by Gasteiger charge is -2.73. The van der Waals surface area contributed by atoms with Gasteiger partial charge in [-0.25, -0.2) is 9.37 Å². The highest BCUT2D eigenvalue weighted by Crippen LogP contribution is 2.75. The summed E-state index contributed by atoms with van der Waals surface area (Å²) < 4.78 is 56.0. The molecule has 11 heteroatoms.